The smallest absolute Gasteiger partial charge is 0.126 e. The Hall–Kier alpha value is -1.75. The molecule has 0 aliphatic heterocycles. The molecule has 5 heteroatoms. The molecular formula is C12H15FN4. The fraction of sp³-hybridized carbons (Fsp3) is 0.333. The first-order valence-electron chi connectivity index (χ1n) is 5.47. The summed E-state index contributed by atoms with van der Waals surface area (Å²) in [4.78, 5) is 0. The number of likely N-dealkylation sites (N-methyl/N-ethyl adjacent to an activating group) is 1. The van der Waals surface area contributed by atoms with Crippen LogP contribution in [0.2, 0.25) is 0 Å². The number of benzene rings is 1. The lowest BCUT2D eigenvalue weighted by atomic mass is 10.0. The van der Waals surface area contributed by atoms with Gasteiger partial charge in [-0.1, -0.05) is 23.4 Å². The van der Waals surface area contributed by atoms with E-state index < -0.39 is 0 Å². The van der Waals surface area contributed by atoms with Gasteiger partial charge < -0.3 is 5.32 Å². The second kappa shape index (κ2) is 5.05. The lowest BCUT2D eigenvalue weighted by Gasteiger charge is -2.16. The van der Waals surface area contributed by atoms with E-state index in [1.54, 1.807) is 23.0 Å². The Morgan fingerprint density at radius 1 is 1.41 bits per heavy atom. The van der Waals surface area contributed by atoms with Crippen molar-refractivity contribution in [3.63, 3.8) is 0 Å². The molecule has 2 aromatic rings. The summed E-state index contributed by atoms with van der Waals surface area (Å²) in [6.45, 7) is 0. The summed E-state index contributed by atoms with van der Waals surface area (Å²) in [5, 5.41) is 10.9. The molecule has 0 saturated carbocycles. The van der Waals surface area contributed by atoms with Gasteiger partial charge in [0.25, 0.3) is 0 Å². The van der Waals surface area contributed by atoms with Crippen molar-refractivity contribution in [2.75, 3.05) is 7.05 Å². The first kappa shape index (κ1) is 11.7. The highest BCUT2D eigenvalue weighted by Gasteiger charge is 2.15. The quantitative estimate of drug-likeness (QED) is 0.870. The van der Waals surface area contributed by atoms with Crippen molar-refractivity contribution >= 4 is 0 Å². The second-order valence-corrected chi connectivity index (χ2v) is 3.92. The van der Waals surface area contributed by atoms with Crippen LogP contribution in [0.15, 0.2) is 30.5 Å². The second-order valence-electron chi connectivity index (χ2n) is 3.92. The number of rotatable bonds is 4. The van der Waals surface area contributed by atoms with E-state index in [9.17, 15) is 4.39 Å². The molecule has 0 radical (unpaired) electrons. The minimum absolute atomic E-state index is 0.00639. The van der Waals surface area contributed by atoms with Crippen LogP contribution in [-0.2, 0) is 13.5 Å². The number of hydrogen-bond acceptors (Lipinski definition) is 3. The SMILES string of the molecule is CNC(Cc1ccccc1F)c1cnnn1C. The summed E-state index contributed by atoms with van der Waals surface area (Å²) >= 11 is 0. The van der Waals surface area contributed by atoms with Crippen molar-refractivity contribution in [2.24, 2.45) is 7.05 Å². The fourth-order valence-electron chi connectivity index (χ4n) is 1.85. The maximum absolute atomic E-state index is 13.6. The summed E-state index contributed by atoms with van der Waals surface area (Å²) < 4.78 is 15.3. The molecule has 4 nitrogen and oxygen atoms in total. The zero-order valence-electron chi connectivity index (χ0n) is 9.89. The molecule has 1 atom stereocenters. The molecule has 1 aromatic carbocycles. The van der Waals surface area contributed by atoms with Crippen LogP contribution in [0.5, 0.6) is 0 Å². The third-order valence-corrected chi connectivity index (χ3v) is 2.84. The Morgan fingerprint density at radius 3 is 2.76 bits per heavy atom. The average molecular weight is 234 g/mol. The van der Waals surface area contributed by atoms with Crippen molar-refractivity contribution in [1.82, 2.24) is 20.3 Å². The zero-order chi connectivity index (χ0) is 12.3. The molecule has 1 heterocycles. The molecule has 17 heavy (non-hydrogen) atoms. The molecule has 0 aliphatic carbocycles. The van der Waals surface area contributed by atoms with Crippen LogP contribution in [-0.4, -0.2) is 22.0 Å². The van der Waals surface area contributed by atoms with Gasteiger partial charge in [-0.3, -0.25) is 4.68 Å². The van der Waals surface area contributed by atoms with Gasteiger partial charge in [0.05, 0.1) is 17.9 Å². The Balaban J connectivity index is 2.22. The molecular weight excluding hydrogens is 219 g/mol. The monoisotopic (exact) mass is 234 g/mol. The summed E-state index contributed by atoms with van der Waals surface area (Å²) in [7, 11) is 3.67. The summed E-state index contributed by atoms with van der Waals surface area (Å²) in [6.07, 6.45) is 2.27. The van der Waals surface area contributed by atoms with E-state index in [2.05, 4.69) is 15.6 Å². The van der Waals surface area contributed by atoms with Crippen LogP contribution >= 0.6 is 0 Å². The molecule has 0 saturated heterocycles. The van der Waals surface area contributed by atoms with Crippen LogP contribution in [0.4, 0.5) is 4.39 Å². The van der Waals surface area contributed by atoms with Gasteiger partial charge in [-0.2, -0.15) is 0 Å². The molecule has 1 N–H and O–H groups in total. The average Bonchev–Trinajstić information content (AvgIpc) is 2.75. The van der Waals surface area contributed by atoms with Gasteiger partial charge in [0.1, 0.15) is 5.82 Å². The molecule has 2 rings (SSSR count). The number of aromatic nitrogens is 3. The van der Waals surface area contributed by atoms with E-state index in [-0.39, 0.29) is 11.9 Å². The Morgan fingerprint density at radius 2 is 2.18 bits per heavy atom. The van der Waals surface area contributed by atoms with Crippen LogP contribution in [0, 0.1) is 5.82 Å². The number of halogens is 1. The summed E-state index contributed by atoms with van der Waals surface area (Å²) in [5.41, 5.74) is 1.63. The normalized spacial score (nSPS) is 12.6. The molecule has 1 unspecified atom stereocenters. The molecule has 90 valence electrons. The first-order chi connectivity index (χ1) is 8.22. The third-order valence-electron chi connectivity index (χ3n) is 2.84. The highest BCUT2D eigenvalue weighted by Crippen LogP contribution is 2.18. The van der Waals surface area contributed by atoms with Gasteiger partial charge in [0.15, 0.2) is 0 Å². The molecule has 0 bridgehead atoms. The summed E-state index contributed by atoms with van der Waals surface area (Å²) in [5.74, 6) is -0.178. The van der Waals surface area contributed by atoms with E-state index in [1.807, 2.05) is 20.2 Å². The van der Waals surface area contributed by atoms with E-state index in [4.69, 9.17) is 0 Å². The van der Waals surface area contributed by atoms with E-state index >= 15 is 0 Å². The minimum atomic E-state index is -0.178. The lowest BCUT2D eigenvalue weighted by Crippen LogP contribution is -2.22. The molecule has 0 fully saturated rings. The lowest BCUT2D eigenvalue weighted by molar-refractivity contribution is 0.518. The topological polar surface area (TPSA) is 42.7 Å². The van der Waals surface area contributed by atoms with E-state index in [1.165, 1.54) is 6.07 Å². The number of nitrogens with zero attached hydrogens (tertiary/aromatic N) is 3. The largest absolute Gasteiger partial charge is 0.311 e. The van der Waals surface area contributed by atoms with Crippen molar-refractivity contribution in [2.45, 2.75) is 12.5 Å². The van der Waals surface area contributed by atoms with Crippen LogP contribution in [0.1, 0.15) is 17.3 Å². The van der Waals surface area contributed by atoms with Gasteiger partial charge >= 0.3 is 0 Å². The Kier molecular flexibility index (Phi) is 3.49. The fourth-order valence-corrected chi connectivity index (χ4v) is 1.85. The number of aryl methyl sites for hydroxylation is 1. The third kappa shape index (κ3) is 2.50. The number of hydrogen-bond donors (Lipinski definition) is 1. The van der Waals surface area contributed by atoms with Crippen LogP contribution in [0.25, 0.3) is 0 Å². The number of nitrogens with one attached hydrogen (secondary N) is 1. The highest BCUT2D eigenvalue weighted by molar-refractivity contribution is 5.20. The van der Waals surface area contributed by atoms with Gasteiger partial charge in [-0.05, 0) is 25.1 Å². The van der Waals surface area contributed by atoms with E-state index in [0.29, 0.717) is 12.0 Å². The Labute approximate surface area is 99.5 Å². The molecule has 0 amide bonds. The molecule has 1 aromatic heterocycles. The zero-order valence-corrected chi connectivity index (χ0v) is 9.89. The Bertz CT molecular complexity index is 495. The van der Waals surface area contributed by atoms with Crippen molar-refractivity contribution in [1.29, 1.82) is 0 Å². The van der Waals surface area contributed by atoms with Gasteiger partial charge in [0.2, 0.25) is 0 Å². The first-order valence-corrected chi connectivity index (χ1v) is 5.47. The standard InChI is InChI=1S/C12H15FN4/c1-14-11(12-8-15-16-17(12)2)7-9-5-3-4-6-10(9)13/h3-6,8,11,14H,7H2,1-2H3. The van der Waals surface area contributed by atoms with Crippen LogP contribution < -0.4 is 5.32 Å². The summed E-state index contributed by atoms with van der Waals surface area (Å²) in [6, 6.07) is 6.81. The van der Waals surface area contributed by atoms with E-state index in [0.717, 1.165) is 5.69 Å². The van der Waals surface area contributed by atoms with Crippen molar-refractivity contribution < 1.29 is 4.39 Å². The van der Waals surface area contributed by atoms with Gasteiger partial charge in [0, 0.05) is 7.05 Å². The maximum atomic E-state index is 13.6. The maximum Gasteiger partial charge on any atom is 0.126 e. The van der Waals surface area contributed by atoms with Crippen molar-refractivity contribution in [3.8, 4) is 0 Å². The predicted octanol–water partition coefficient (Wildman–Crippen LogP) is 1.46. The van der Waals surface area contributed by atoms with Gasteiger partial charge in [-0.15, -0.1) is 5.10 Å². The van der Waals surface area contributed by atoms with Gasteiger partial charge in [-0.25, -0.2) is 4.39 Å². The van der Waals surface area contributed by atoms with Crippen molar-refractivity contribution in [3.05, 3.63) is 47.5 Å². The van der Waals surface area contributed by atoms with Crippen LogP contribution in [0.3, 0.4) is 0 Å². The highest BCUT2D eigenvalue weighted by atomic mass is 19.1. The molecule has 0 spiro atoms. The predicted molar refractivity (Wildman–Crippen MR) is 62.9 cm³/mol. The minimum Gasteiger partial charge on any atom is -0.311 e. The molecule has 0 aliphatic rings.